The summed E-state index contributed by atoms with van der Waals surface area (Å²) < 4.78 is 10.4. The number of anilines is 1. The molecule has 1 N–H and O–H groups in total. The van der Waals surface area contributed by atoms with Crippen molar-refractivity contribution in [1.29, 1.82) is 0 Å². The van der Waals surface area contributed by atoms with E-state index in [1.54, 1.807) is 12.0 Å². The molecule has 124 valence electrons. The smallest absolute Gasteiger partial charge is 0.227 e. The highest BCUT2D eigenvalue weighted by molar-refractivity contribution is 6.00. The Morgan fingerprint density at radius 1 is 1.39 bits per heavy atom. The largest absolute Gasteiger partial charge is 0.497 e. The number of rotatable bonds is 5. The molecule has 6 heteroatoms. The van der Waals surface area contributed by atoms with Crippen LogP contribution in [0.15, 0.2) is 24.3 Å². The molecule has 0 bridgehead atoms. The van der Waals surface area contributed by atoms with Crippen LogP contribution in [0.2, 0.25) is 0 Å². The third-order valence-corrected chi connectivity index (χ3v) is 4.47. The summed E-state index contributed by atoms with van der Waals surface area (Å²) in [5.41, 5.74) is 0.801. The predicted molar refractivity (Wildman–Crippen MR) is 85.4 cm³/mol. The second kappa shape index (κ2) is 7.00. The second-order valence-corrected chi connectivity index (χ2v) is 6.08. The molecule has 2 atom stereocenters. The van der Waals surface area contributed by atoms with Crippen molar-refractivity contribution in [2.45, 2.75) is 12.8 Å². The van der Waals surface area contributed by atoms with Gasteiger partial charge in [-0.3, -0.25) is 9.59 Å². The fourth-order valence-electron chi connectivity index (χ4n) is 3.03. The van der Waals surface area contributed by atoms with E-state index in [4.69, 9.17) is 9.47 Å². The maximum Gasteiger partial charge on any atom is 0.227 e. The Morgan fingerprint density at radius 2 is 2.17 bits per heavy atom. The van der Waals surface area contributed by atoms with Crippen molar-refractivity contribution in [2.24, 2.45) is 11.8 Å². The summed E-state index contributed by atoms with van der Waals surface area (Å²) in [5, 5.41) is 2.96. The van der Waals surface area contributed by atoms with Crippen LogP contribution < -0.4 is 15.0 Å². The Morgan fingerprint density at radius 3 is 2.83 bits per heavy atom. The summed E-state index contributed by atoms with van der Waals surface area (Å²) in [6, 6.07) is 7.31. The normalized spacial score (nSPS) is 24.0. The quantitative estimate of drug-likeness (QED) is 0.886. The SMILES string of the molecule is COc1ccc(N2CC(C(=O)NCC3CCOC3)CC2=O)cc1. The maximum absolute atomic E-state index is 12.3. The number of hydrogen-bond donors (Lipinski definition) is 1. The summed E-state index contributed by atoms with van der Waals surface area (Å²) >= 11 is 0. The lowest BCUT2D eigenvalue weighted by Crippen LogP contribution is -2.36. The molecule has 2 amide bonds. The number of amides is 2. The molecule has 0 aliphatic carbocycles. The molecule has 3 rings (SSSR count). The lowest BCUT2D eigenvalue weighted by molar-refractivity contribution is -0.126. The Hall–Kier alpha value is -2.08. The molecular weight excluding hydrogens is 296 g/mol. The Bertz CT molecular complexity index is 566. The van der Waals surface area contributed by atoms with Gasteiger partial charge in [0.2, 0.25) is 11.8 Å². The van der Waals surface area contributed by atoms with Crippen LogP contribution in [0.1, 0.15) is 12.8 Å². The molecule has 0 saturated carbocycles. The lowest BCUT2D eigenvalue weighted by Gasteiger charge is -2.17. The van der Waals surface area contributed by atoms with Crippen LogP contribution >= 0.6 is 0 Å². The molecule has 2 saturated heterocycles. The van der Waals surface area contributed by atoms with Crippen molar-refractivity contribution < 1.29 is 19.1 Å². The van der Waals surface area contributed by atoms with Gasteiger partial charge in [-0.15, -0.1) is 0 Å². The average Bonchev–Trinajstić information content (AvgIpc) is 3.22. The minimum Gasteiger partial charge on any atom is -0.497 e. The van der Waals surface area contributed by atoms with Gasteiger partial charge in [-0.1, -0.05) is 0 Å². The van der Waals surface area contributed by atoms with E-state index in [2.05, 4.69) is 5.32 Å². The number of benzene rings is 1. The van der Waals surface area contributed by atoms with E-state index in [0.717, 1.165) is 24.5 Å². The minimum atomic E-state index is -0.285. The maximum atomic E-state index is 12.3. The van der Waals surface area contributed by atoms with E-state index in [0.29, 0.717) is 25.6 Å². The van der Waals surface area contributed by atoms with Gasteiger partial charge in [-0.05, 0) is 30.7 Å². The summed E-state index contributed by atoms with van der Waals surface area (Å²) in [4.78, 5) is 26.1. The number of carbonyl (C=O) groups excluding carboxylic acids is 2. The average molecular weight is 318 g/mol. The molecule has 1 aromatic carbocycles. The van der Waals surface area contributed by atoms with Gasteiger partial charge in [-0.25, -0.2) is 0 Å². The molecule has 2 unspecified atom stereocenters. The zero-order valence-corrected chi connectivity index (χ0v) is 13.3. The molecule has 6 nitrogen and oxygen atoms in total. The van der Waals surface area contributed by atoms with Crippen molar-refractivity contribution in [3.63, 3.8) is 0 Å². The Balaban J connectivity index is 1.56. The van der Waals surface area contributed by atoms with Crippen molar-refractivity contribution in [3.05, 3.63) is 24.3 Å². The molecule has 0 spiro atoms. The van der Waals surface area contributed by atoms with Gasteiger partial charge in [0.05, 0.1) is 19.6 Å². The van der Waals surface area contributed by atoms with E-state index in [-0.39, 0.29) is 24.2 Å². The molecule has 0 radical (unpaired) electrons. The van der Waals surface area contributed by atoms with Crippen molar-refractivity contribution >= 4 is 17.5 Å². The highest BCUT2D eigenvalue weighted by Gasteiger charge is 2.35. The fraction of sp³-hybridized carbons (Fsp3) is 0.529. The Kier molecular flexibility index (Phi) is 4.81. The van der Waals surface area contributed by atoms with Crippen molar-refractivity contribution in [1.82, 2.24) is 5.32 Å². The summed E-state index contributed by atoms with van der Waals surface area (Å²) in [6.45, 7) is 2.54. The first kappa shape index (κ1) is 15.8. The molecule has 2 heterocycles. The van der Waals surface area contributed by atoms with Gasteiger partial charge in [0, 0.05) is 37.7 Å². The zero-order chi connectivity index (χ0) is 16.2. The van der Waals surface area contributed by atoms with E-state index in [9.17, 15) is 9.59 Å². The van der Waals surface area contributed by atoms with Crippen LogP contribution in [0.5, 0.6) is 5.75 Å². The standard InChI is InChI=1S/C17H22N2O4/c1-22-15-4-2-14(3-5-15)19-10-13(8-16(19)20)17(21)18-9-12-6-7-23-11-12/h2-5,12-13H,6-11H2,1H3,(H,18,21). The van der Waals surface area contributed by atoms with Crippen molar-refractivity contribution in [2.75, 3.05) is 38.3 Å². The van der Waals surface area contributed by atoms with Gasteiger partial charge >= 0.3 is 0 Å². The van der Waals surface area contributed by atoms with Gasteiger partial charge in [0.15, 0.2) is 0 Å². The zero-order valence-electron chi connectivity index (χ0n) is 13.3. The molecule has 2 fully saturated rings. The molecule has 23 heavy (non-hydrogen) atoms. The monoisotopic (exact) mass is 318 g/mol. The number of hydrogen-bond acceptors (Lipinski definition) is 4. The summed E-state index contributed by atoms with van der Waals surface area (Å²) in [7, 11) is 1.60. The predicted octanol–water partition coefficient (Wildman–Crippen LogP) is 1.20. The van der Waals surface area contributed by atoms with E-state index in [1.165, 1.54) is 0 Å². The first-order chi connectivity index (χ1) is 11.2. The van der Waals surface area contributed by atoms with Gasteiger partial charge < -0.3 is 19.7 Å². The molecule has 1 aromatic rings. The first-order valence-electron chi connectivity index (χ1n) is 7.97. The molecule has 2 aliphatic heterocycles. The van der Waals surface area contributed by atoms with Crippen LogP contribution in [0.25, 0.3) is 0 Å². The second-order valence-electron chi connectivity index (χ2n) is 6.08. The van der Waals surface area contributed by atoms with Crippen LogP contribution in [0.4, 0.5) is 5.69 Å². The van der Waals surface area contributed by atoms with Crippen LogP contribution in [0.3, 0.4) is 0 Å². The van der Waals surface area contributed by atoms with E-state index >= 15 is 0 Å². The lowest BCUT2D eigenvalue weighted by atomic mass is 10.1. The number of carbonyl (C=O) groups is 2. The van der Waals surface area contributed by atoms with Crippen LogP contribution in [0, 0.1) is 11.8 Å². The van der Waals surface area contributed by atoms with E-state index in [1.807, 2.05) is 24.3 Å². The number of nitrogens with one attached hydrogen (secondary N) is 1. The topological polar surface area (TPSA) is 67.9 Å². The number of methoxy groups -OCH3 is 1. The van der Waals surface area contributed by atoms with Crippen LogP contribution in [-0.4, -0.2) is 45.2 Å². The number of nitrogens with zero attached hydrogens (tertiary/aromatic N) is 1. The van der Waals surface area contributed by atoms with Crippen molar-refractivity contribution in [3.8, 4) is 5.75 Å². The highest BCUT2D eigenvalue weighted by Crippen LogP contribution is 2.27. The third-order valence-electron chi connectivity index (χ3n) is 4.47. The fourth-order valence-corrected chi connectivity index (χ4v) is 3.03. The van der Waals surface area contributed by atoms with Gasteiger partial charge in [0.1, 0.15) is 5.75 Å². The minimum absolute atomic E-state index is 0.0143. The first-order valence-corrected chi connectivity index (χ1v) is 7.97. The molecule has 2 aliphatic rings. The van der Waals surface area contributed by atoms with Gasteiger partial charge in [0.25, 0.3) is 0 Å². The third kappa shape index (κ3) is 3.64. The van der Waals surface area contributed by atoms with Crippen LogP contribution in [-0.2, 0) is 14.3 Å². The Labute approximate surface area is 135 Å². The van der Waals surface area contributed by atoms with Gasteiger partial charge in [-0.2, -0.15) is 0 Å². The van der Waals surface area contributed by atoms with E-state index < -0.39 is 0 Å². The summed E-state index contributed by atoms with van der Waals surface area (Å²) in [6.07, 6.45) is 1.25. The highest BCUT2D eigenvalue weighted by atomic mass is 16.5. The number of ether oxygens (including phenoxy) is 2. The molecule has 0 aromatic heterocycles. The molecular formula is C17H22N2O4. The summed E-state index contributed by atoms with van der Waals surface area (Å²) in [5.74, 6) is 0.801.